The highest BCUT2D eigenvalue weighted by Crippen LogP contribution is 2.24. The van der Waals surface area contributed by atoms with E-state index in [1.165, 1.54) is 29.3 Å². The van der Waals surface area contributed by atoms with Crippen LogP contribution in [0.15, 0.2) is 30.5 Å². The maximum absolute atomic E-state index is 3.68. The molecule has 0 bridgehead atoms. The molecule has 1 N–H and O–H groups in total. The van der Waals surface area contributed by atoms with Gasteiger partial charge in [0.15, 0.2) is 0 Å². The Hall–Kier alpha value is -1.32. The summed E-state index contributed by atoms with van der Waals surface area (Å²) in [5.74, 6) is 0. The number of nitrogens with zero attached hydrogens (tertiary/aromatic N) is 2. The maximum Gasteiger partial charge on any atom is 0.0481 e. The number of hydrogen-bond acceptors (Lipinski definition) is 2. The van der Waals surface area contributed by atoms with Gasteiger partial charge in [0.25, 0.3) is 0 Å². The van der Waals surface area contributed by atoms with E-state index < -0.39 is 0 Å². The third-order valence-corrected chi connectivity index (χ3v) is 4.93. The van der Waals surface area contributed by atoms with Crippen molar-refractivity contribution in [1.82, 2.24) is 14.8 Å². The van der Waals surface area contributed by atoms with Gasteiger partial charge in [-0.05, 0) is 24.5 Å². The summed E-state index contributed by atoms with van der Waals surface area (Å²) in [6.45, 7) is 7.94. The zero-order valence-electron chi connectivity index (χ0n) is 13.5. The third-order valence-electron chi connectivity index (χ3n) is 4.93. The Labute approximate surface area is 127 Å². The summed E-state index contributed by atoms with van der Waals surface area (Å²) in [4.78, 5) is 2.67. The summed E-state index contributed by atoms with van der Waals surface area (Å²) >= 11 is 0. The SMILES string of the molecule is CCC1CN(Cc2cn(C)c3ccccc23)C(CC)CN1. The minimum absolute atomic E-state index is 0.641. The van der Waals surface area contributed by atoms with E-state index in [0.29, 0.717) is 12.1 Å². The van der Waals surface area contributed by atoms with Crippen LogP contribution in [0.3, 0.4) is 0 Å². The van der Waals surface area contributed by atoms with Gasteiger partial charge in [0.2, 0.25) is 0 Å². The van der Waals surface area contributed by atoms with Crippen molar-refractivity contribution in [3.63, 3.8) is 0 Å². The predicted octanol–water partition coefficient (Wildman–Crippen LogP) is 3.14. The van der Waals surface area contributed by atoms with Crippen LogP contribution in [0.2, 0.25) is 0 Å². The van der Waals surface area contributed by atoms with Gasteiger partial charge < -0.3 is 9.88 Å². The first-order valence-corrected chi connectivity index (χ1v) is 8.23. The molecule has 0 saturated carbocycles. The van der Waals surface area contributed by atoms with E-state index in [1.54, 1.807) is 0 Å². The molecule has 0 aliphatic carbocycles. The Morgan fingerprint density at radius 2 is 2.00 bits per heavy atom. The van der Waals surface area contributed by atoms with Crippen LogP contribution in [0.1, 0.15) is 32.3 Å². The monoisotopic (exact) mass is 285 g/mol. The quantitative estimate of drug-likeness (QED) is 0.931. The van der Waals surface area contributed by atoms with Crippen LogP contribution in [0.5, 0.6) is 0 Å². The predicted molar refractivity (Wildman–Crippen MR) is 89.5 cm³/mol. The van der Waals surface area contributed by atoms with Crippen LogP contribution < -0.4 is 5.32 Å². The van der Waals surface area contributed by atoms with E-state index >= 15 is 0 Å². The van der Waals surface area contributed by atoms with Gasteiger partial charge in [0.1, 0.15) is 0 Å². The van der Waals surface area contributed by atoms with Crippen molar-refractivity contribution in [3.8, 4) is 0 Å². The molecule has 3 heteroatoms. The molecule has 1 aromatic heterocycles. The molecule has 2 atom stereocenters. The number of aromatic nitrogens is 1. The van der Waals surface area contributed by atoms with Gasteiger partial charge in [-0.3, -0.25) is 4.90 Å². The molecule has 114 valence electrons. The summed E-state index contributed by atoms with van der Waals surface area (Å²) in [5, 5.41) is 5.09. The third kappa shape index (κ3) is 2.85. The minimum Gasteiger partial charge on any atom is -0.350 e. The molecule has 1 saturated heterocycles. The molecule has 3 rings (SSSR count). The first-order valence-electron chi connectivity index (χ1n) is 8.23. The first kappa shape index (κ1) is 14.6. The summed E-state index contributed by atoms with van der Waals surface area (Å²) in [7, 11) is 2.15. The highest BCUT2D eigenvalue weighted by molar-refractivity contribution is 5.83. The number of hydrogen-bond donors (Lipinski definition) is 1. The van der Waals surface area contributed by atoms with Gasteiger partial charge >= 0.3 is 0 Å². The summed E-state index contributed by atoms with van der Waals surface area (Å²) < 4.78 is 2.26. The second kappa shape index (κ2) is 6.20. The molecular weight excluding hydrogens is 258 g/mol. The normalized spacial score (nSPS) is 23.8. The van der Waals surface area contributed by atoms with E-state index in [2.05, 4.69) is 66.1 Å². The molecular formula is C18H27N3. The van der Waals surface area contributed by atoms with E-state index in [4.69, 9.17) is 0 Å². The van der Waals surface area contributed by atoms with Crippen molar-refractivity contribution in [3.05, 3.63) is 36.0 Å². The number of rotatable bonds is 4. The number of piperazine rings is 1. The molecule has 21 heavy (non-hydrogen) atoms. The lowest BCUT2D eigenvalue weighted by atomic mass is 10.0. The first-order chi connectivity index (χ1) is 10.2. The second-order valence-corrected chi connectivity index (χ2v) is 6.29. The molecule has 1 fully saturated rings. The molecule has 0 radical (unpaired) electrons. The van der Waals surface area contributed by atoms with Gasteiger partial charge in [0.05, 0.1) is 0 Å². The molecule has 1 aliphatic heterocycles. The van der Waals surface area contributed by atoms with Crippen molar-refractivity contribution < 1.29 is 0 Å². The molecule has 0 amide bonds. The Bertz CT molecular complexity index is 602. The van der Waals surface area contributed by atoms with Gasteiger partial charge in [-0.1, -0.05) is 32.0 Å². The lowest BCUT2D eigenvalue weighted by molar-refractivity contribution is 0.118. The number of nitrogens with one attached hydrogen (secondary N) is 1. The Balaban J connectivity index is 1.85. The standard InChI is InChI=1S/C18H27N3/c1-4-15-13-21(16(5-2)10-19-15)12-14-11-20(3)18-9-7-6-8-17(14)18/h6-9,11,15-16,19H,4-5,10,12-13H2,1-3H3. The van der Waals surface area contributed by atoms with Gasteiger partial charge in [-0.2, -0.15) is 0 Å². The molecule has 1 aromatic carbocycles. The smallest absolute Gasteiger partial charge is 0.0481 e. The molecule has 2 unspecified atom stereocenters. The lowest BCUT2D eigenvalue weighted by Gasteiger charge is -2.40. The highest BCUT2D eigenvalue weighted by Gasteiger charge is 2.26. The Morgan fingerprint density at radius 3 is 2.76 bits per heavy atom. The Morgan fingerprint density at radius 1 is 1.19 bits per heavy atom. The van der Waals surface area contributed by atoms with E-state index in [1.807, 2.05) is 0 Å². The van der Waals surface area contributed by atoms with Crippen LogP contribution in [0, 0.1) is 0 Å². The van der Waals surface area contributed by atoms with Gasteiger partial charge in [0, 0.05) is 55.9 Å². The number of benzene rings is 1. The number of para-hydroxylation sites is 1. The van der Waals surface area contributed by atoms with Crippen LogP contribution in [-0.4, -0.2) is 34.6 Å². The van der Waals surface area contributed by atoms with Crippen molar-refractivity contribution >= 4 is 10.9 Å². The topological polar surface area (TPSA) is 20.2 Å². The maximum atomic E-state index is 3.68. The van der Waals surface area contributed by atoms with Crippen LogP contribution in [-0.2, 0) is 13.6 Å². The van der Waals surface area contributed by atoms with E-state index in [0.717, 1.165) is 19.6 Å². The van der Waals surface area contributed by atoms with E-state index in [-0.39, 0.29) is 0 Å². The lowest BCUT2D eigenvalue weighted by Crippen LogP contribution is -2.55. The molecule has 3 nitrogen and oxygen atoms in total. The van der Waals surface area contributed by atoms with Gasteiger partial charge in [-0.15, -0.1) is 0 Å². The number of fused-ring (bicyclic) bond motifs is 1. The zero-order chi connectivity index (χ0) is 14.8. The fourth-order valence-electron chi connectivity index (χ4n) is 3.57. The van der Waals surface area contributed by atoms with Gasteiger partial charge in [-0.25, -0.2) is 0 Å². The van der Waals surface area contributed by atoms with E-state index in [9.17, 15) is 0 Å². The van der Waals surface area contributed by atoms with Crippen LogP contribution in [0.4, 0.5) is 0 Å². The zero-order valence-corrected chi connectivity index (χ0v) is 13.5. The number of aryl methyl sites for hydroxylation is 1. The molecule has 1 aliphatic rings. The second-order valence-electron chi connectivity index (χ2n) is 6.29. The minimum atomic E-state index is 0.641. The van der Waals surface area contributed by atoms with Crippen LogP contribution in [0.25, 0.3) is 10.9 Å². The summed E-state index contributed by atoms with van der Waals surface area (Å²) in [5.41, 5.74) is 2.80. The van der Waals surface area contributed by atoms with Crippen molar-refractivity contribution in [1.29, 1.82) is 0 Å². The van der Waals surface area contributed by atoms with Crippen LogP contribution >= 0.6 is 0 Å². The molecule has 0 spiro atoms. The Kier molecular flexibility index (Phi) is 4.32. The van der Waals surface area contributed by atoms with Crippen molar-refractivity contribution in [2.45, 2.75) is 45.3 Å². The fraction of sp³-hybridized carbons (Fsp3) is 0.556. The summed E-state index contributed by atoms with van der Waals surface area (Å²) in [6.07, 6.45) is 4.73. The van der Waals surface area contributed by atoms with Crippen molar-refractivity contribution in [2.75, 3.05) is 13.1 Å². The fourth-order valence-corrected chi connectivity index (χ4v) is 3.57. The van der Waals surface area contributed by atoms with Crippen molar-refractivity contribution in [2.24, 2.45) is 7.05 Å². The molecule has 2 aromatic rings. The average molecular weight is 285 g/mol. The average Bonchev–Trinajstić information content (AvgIpc) is 2.84. The molecule has 2 heterocycles. The largest absolute Gasteiger partial charge is 0.350 e. The summed E-state index contributed by atoms with van der Waals surface area (Å²) in [6, 6.07) is 10.0. The highest BCUT2D eigenvalue weighted by atomic mass is 15.2.